The minimum atomic E-state index is -0.406. The van der Waals surface area contributed by atoms with Gasteiger partial charge in [-0.05, 0) is 6.42 Å². The molecule has 0 bridgehead atoms. The molecule has 0 saturated heterocycles. The standard InChI is InChI=1S/C9H9NO2/c10-5-6-4-7-8(11)2-1-3-9(7)12-6/h6H,1-4H2. The highest BCUT2D eigenvalue weighted by molar-refractivity contribution is 5.97. The number of nitriles is 1. The van der Waals surface area contributed by atoms with E-state index in [2.05, 4.69) is 0 Å². The molecular weight excluding hydrogens is 154 g/mol. The molecule has 0 amide bonds. The highest BCUT2D eigenvalue weighted by atomic mass is 16.5. The normalized spacial score (nSPS) is 27.9. The van der Waals surface area contributed by atoms with E-state index >= 15 is 0 Å². The maximum absolute atomic E-state index is 11.3. The summed E-state index contributed by atoms with van der Waals surface area (Å²) in [7, 11) is 0. The van der Waals surface area contributed by atoms with E-state index in [9.17, 15) is 4.79 Å². The first kappa shape index (κ1) is 7.35. The fourth-order valence-electron chi connectivity index (χ4n) is 1.70. The highest BCUT2D eigenvalue weighted by Gasteiger charge is 2.31. The van der Waals surface area contributed by atoms with Gasteiger partial charge in [-0.1, -0.05) is 0 Å². The lowest BCUT2D eigenvalue weighted by atomic mass is 9.95. The molecule has 0 spiro atoms. The Morgan fingerprint density at radius 2 is 2.33 bits per heavy atom. The van der Waals surface area contributed by atoms with Crippen LogP contribution in [0.2, 0.25) is 0 Å². The molecular formula is C9H9NO2. The highest BCUT2D eigenvalue weighted by Crippen LogP contribution is 2.33. The summed E-state index contributed by atoms with van der Waals surface area (Å²) in [6.07, 6.45) is 2.43. The van der Waals surface area contributed by atoms with Crippen molar-refractivity contribution in [2.75, 3.05) is 0 Å². The Labute approximate surface area is 70.6 Å². The number of hydrogen-bond acceptors (Lipinski definition) is 3. The fourth-order valence-corrected chi connectivity index (χ4v) is 1.70. The number of carbonyl (C=O) groups excluding carboxylic acids is 1. The molecule has 1 atom stereocenters. The first-order chi connectivity index (χ1) is 5.81. The van der Waals surface area contributed by atoms with Crippen molar-refractivity contribution in [3.8, 4) is 6.07 Å². The van der Waals surface area contributed by atoms with Gasteiger partial charge in [0.15, 0.2) is 11.9 Å². The van der Waals surface area contributed by atoms with Crippen LogP contribution in [0, 0.1) is 11.3 Å². The molecule has 1 heterocycles. The molecule has 2 aliphatic rings. The summed E-state index contributed by atoms with van der Waals surface area (Å²) in [4.78, 5) is 11.3. The zero-order valence-corrected chi connectivity index (χ0v) is 6.67. The maximum Gasteiger partial charge on any atom is 0.188 e. The molecule has 0 radical (unpaired) electrons. The quantitative estimate of drug-likeness (QED) is 0.541. The third-order valence-electron chi connectivity index (χ3n) is 2.30. The zero-order chi connectivity index (χ0) is 8.55. The number of carbonyl (C=O) groups is 1. The summed E-state index contributed by atoms with van der Waals surface area (Å²) >= 11 is 0. The van der Waals surface area contributed by atoms with Crippen LogP contribution in [0.3, 0.4) is 0 Å². The van der Waals surface area contributed by atoms with E-state index in [-0.39, 0.29) is 5.78 Å². The minimum absolute atomic E-state index is 0.175. The van der Waals surface area contributed by atoms with Crippen LogP contribution >= 0.6 is 0 Å². The summed E-state index contributed by atoms with van der Waals surface area (Å²) in [5.41, 5.74) is 0.771. The summed E-state index contributed by atoms with van der Waals surface area (Å²) in [5.74, 6) is 0.951. The predicted molar refractivity (Wildman–Crippen MR) is 41.0 cm³/mol. The van der Waals surface area contributed by atoms with Gasteiger partial charge >= 0.3 is 0 Å². The average molecular weight is 163 g/mol. The number of allylic oxidation sites excluding steroid dienone is 1. The molecule has 0 aromatic rings. The molecule has 0 aromatic carbocycles. The largest absolute Gasteiger partial charge is 0.479 e. The van der Waals surface area contributed by atoms with Gasteiger partial charge in [-0.25, -0.2) is 0 Å². The molecule has 0 N–H and O–H groups in total. The summed E-state index contributed by atoms with van der Waals surface area (Å²) in [5, 5.41) is 8.59. The van der Waals surface area contributed by atoms with E-state index in [1.165, 1.54) is 0 Å². The van der Waals surface area contributed by atoms with Crippen LogP contribution in [0.5, 0.6) is 0 Å². The Balaban J connectivity index is 2.22. The second-order valence-corrected chi connectivity index (χ2v) is 3.12. The first-order valence-corrected chi connectivity index (χ1v) is 4.13. The van der Waals surface area contributed by atoms with E-state index in [0.717, 1.165) is 24.2 Å². The molecule has 12 heavy (non-hydrogen) atoms. The summed E-state index contributed by atoms with van der Waals surface area (Å²) in [6, 6.07) is 2.02. The maximum atomic E-state index is 11.3. The van der Waals surface area contributed by atoms with Crippen LogP contribution in [-0.2, 0) is 9.53 Å². The molecule has 1 aliphatic heterocycles. The number of ketones is 1. The van der Waals surface area contributed by atoms with E-state index < -0.39 is 6.10 Å². The molecule has 2 rings (SSSR count). The van der Waals surface area contributed by atoms with Crippen LogP contribution in [-0.4, -0.2) is 11.9 Å². The van der Waals surface area contributed by atoms with Crippen molar-refractivity contribution in [3.63, 3.8) is 0 Å². The van der Waals surface area contributed by atoms with Gasteiger partial charge in [0.25, 0.3) is 0 Å². The summed E-state index contributed by atoms with van der Waals surface area (Å²) < 4.78 is 5.28. The Morgan fingerprint density at radius 1 is 1.50 bits per heavy atom. The predicted octanol–water partition coefficient (Wildman–Crippen LogP) is 1.31. The van der Waals surface area contributed by atoms with Crippen LogP contribution in [0.15, 0.2) is 11.3 Å². The molecule has 1 unspecified atom stereocenters. The number of ether oxygens (including phenoxy) is 1. The number of rotatable bonds is 0. The Kier molecular flexibility index (Phi) is 1.61. The van der Waals surface area contributed by atoms with Crippen molar-refractivity contribution < 1.29 is 9.53 Å². The third kappa shape index (κ3) is 1.00. The van der Waals surface area contributed by atoms with Crippen molar-refractivity contribution in [3.05, 3.63) is 11.3 Å². The third-order valence-corrected chi connectivity index (χ3v) is 2.30. The lowest BCUT2D eigenvalue weighted by Crippen LogP contribution is -2.07. The van der Waals surface area contributed by atoms with Gasteiger partial charge in [-0.2, -0.15) is 5.26 Å². The van der Waals surface area contributed by atoms with Gasteiger partial charge in [-0.15, -0.1) is 0 Å². The first-order valence-electron chi connectivity index (χ1n) is 4.13. The van der Waals surface area contributed by atoms with Gasteiger partial charge in [-0.3, -0.25) is 4.79 Å². The molecule has 62 valence electrons. The van der Waals surface area contributed by atoms with Crippen molar-refractivity contribution in [1.29, 1.82) is 5.26 Å². The Morgan fingerprint density at radius 3 is 3.00 bits per heavy atom. The lowest BCUT2D eigenvalue weighted by Gasteiger charge is -2.10. The molecule has 0 aromatic heterocycles. The molecule has 1 aliphatic carbocycles. The van der Waals surface area contributed by atoms with E-state index in [1.807, 2.05) is 6.07 Å². The van der Waals surface area contributed by atoms with Gasteiger partial charge in [0.1, 0.15) is 11.8 Å². The van der Waals surface area contributed by atoms with Crippen molar-refractivity contribution in [2.45, 2.75) is 31.8 Å². The average Bonchev–Trinajstić information content (AvgIpc) is 2.49. The van der Waals surface area contributed by atoms with Gasteiger partial charge < -0.3 is 4.74 Å². The van der Waals surface area contributed by atoms with E-state index in [1.54, 1.807) is 0 Å². The fraction of sp³-hybridized carbons (Fsp3) is 0.556. The van der Waals surface area contributed by atoms with Crippen LogP contribution in [0.4, 0.5) is 0 Å². The Hall–Kier alpha value is -1.30. The topological polar surface area (TPSA) is 50.1 Å². The van der Waals surface area contributed by atoms with Gasteiger partial charge in [0.2, 0.25) is 0 Å². The molecule has 0 fully saturated rings. The smallest absolute Gasteiger partial charge is 0.188 e. The van der Waals surface area contributed by atoms with Crippen molar-refractivity contribution in [1.82, 2.24) is 0 Å². The molecule has 0 saturated carbocycles. The van der Waals surface area contributed by atoms with Crippen LogP contribution in [0.25, 0.3) is 0 Å². The lowest BCUT2D eigenvalue weighted by molar-refractivity contribution is -0.116. The van der Waals surface area contributed by atoms with Gasteiger partial charge in [0.05, 0.1) is 0 Å². The molecule has 3 nitrogen and oxygen atoms in total. The number of Topliss-reactive ketones (excluding diaryl/α,β-unsaturated/α-hetero) is 1. The van der Waals surface area contributed by atoms with E-state index in [4.69, 9.17) is 10.00 Å². The zero-order valence-electron chi connectivity index (χ0n) is 6.67. The van der Waals surface area contributed by atoms with Gasteiger partial charge in [0, 0.05) is 24.8 Å². The monoisotopic (exact) mass is 163 g/mol. The van der Waals surface area contributed by atoms with Crippen LogP contribution < -0.4 is 0 Å². The van der Waals surface area contributed by atoms with E-state index in [0.29, 0.717) is 12.8 Å². The Bertz CT molecular complexity index is 298. The van der Waals surface area contributed by atoms with Crippen molar-refractivity contribution in [2.24, 2.45) is 0 Å². The SMILES string of the molecule is N#CC1CC2=C(CCCC2=O)O1. The molecule has 3 heteroatoms. The number of hydrogen-bond donors (Lipinski definition) is 0. The second-order valence-electron chi connectivity index (χ2n) is 3.12. The van der Waals surface area contributed by atoms with Crippen molar-refractivity contribution >= 4 is 5.78 Å². The minimum Gasteiger partial charge on any atom is -0.479 e. The van der Waals surface area contributed by atoms with Crippen LogP contribution in [0.1, 0.15) is 25.7 Å². The second kappa shape index (κ2) is 2.63. The number of nitrogens with zero attached hydrogens (tertiary/aromatic N) is 1. The summed E-state index contributed by atoms with van der Waals surface area (Å²) in [6.45, 7) is 0.